The second-order valence-electron chi connectivity index (χ2n) is 8.02. The number of halogens is 1. The van der Waals surface area contributed by atoms with Crippen LogP contribution < -0.4 is 0 Å². The molecule has 3 unspecified atom stereocenters. The predicted molar refractivity (Wildman–Crippen MR) is 120 cm³/mol. The van der Waals surface area contributed by atoms with Gasteiger partial charge in [-0.1, -0.05) is 36.4 Å². The number of hydrogen-bond donors (Lipinski definition) is 2. The maximum atomic E-state index is 13.7. The normalized spacial score (nSPS) is 18.5. The van der Waals surface area contributed by atoms with Crippen molar-refractivity contribution in [3.05, 3.63) is 64.7 Å². The van der Waals surface area contributed by atoms with Crippen LogP contribution in [0.25, 0.3) is 22.6 Å². The van der Waals surface area contributed by atoms with Gasteiger partial charge in [-0.05, 0) is 37.6 Å². The fourth-order valence-electron chi connectivity index (χ4n) is 3.97. The average Bonchev–Trinajstić information content (AvgIpc) is 3.07. The first-order chi connectivity index (χ1) is 14.8. The number of carbonyl (C=O) groups is 1. The molecular formula is C24H27FN2O4. The lowest BCUT2D eigenvalue weighted by Crippen LogP contribution is -2.18. The summed E-state index contributed by atoms with van der Waals surface area (Å²) in [5.74, 6) is -0.951. The summed E-state index contributed by atoms with van der Waals surface area (Å²) in [5.41, 5.74) is 3.77. The fourth-order valence-corrected chi connectivity index (χ4v) is 3.97. The molecule has 0 bridgehead atoms. The summed E-state index contributed by atoms with van der Waals surface area (Å²) in [6, 6.07) is 8.09. The predicted octanol–water partition coefficient (Wildman–Crippen LogP) is 4.71. The van der Waals surface area contributed by atoms with E-state index in [1.807, 2.05) is 30.3 Å². The zero-order valence-corrected chi connectivity index (χ0v) is 17.6. The van der Waals surface area contributed by atoms with Gasteiger partial charge in [-0.3, -0.25) is 4.79 Å². The molecule has 0 spiro atoms. The van der Waals surface area contributed by atoms with Crippen molar-refractivity contribution in [2.75, 3.05) is 0 Å². The zero-order chi connectivity index (χ0) is 22.5. The Morgan fingerprint density at radius 1 is 1.32 bits per heavy atom. The minimum absolute atomic E-state index is 0.0961. The maximum absolute atomic E-state index is 13.7. The van der Waals surface area contributed by atoms with Crippen molar-refractivity contribution in [1.29, 1.82) is 0 Å². The molecule has 0 saturated heterocycles. The molecule has 6 nitrogen and oxygen atoms in total. The van der Waals surface area contributed by atoms with Crippen LogP contribution in [0.2, 0.25) is 0 Å². The van der Waals surface area contributed by atoms with Gasteiger partial charge in [0.25, 0.3) is 5.91 Å². The molecule has 1 aromatic heterocycles. The van der Waals surface area contributed by atoms with E-state index in [1.165, 1.54) is 0 Å². The Kier molecular flexibility index (Phi) is 7.30. The van der Waals surface area contributed by atoms with Crippen molar-refractivity contribution in [3.8, 4) is 0 Å². The highest BCUT2D eigenvalue weighted by molar-refractivity contribution is 6.00. The average molecular weight is 426 g/mol. The summed E-state index contributed by atoms with van der Waals surface area (Å²) in [7, 11) is 0. The van der Waals surface area contributed by atoms with Crippen molar-refractivity contribution >= 4 is 28.5 Å². The SMILES string of the molecule is CC(C)n1c(/C=C/C(O)CC(O)CC(=O)N=O)c(C2=CCC(F)C=C2)c2ccccc21. The van der Waals surface area contributed by atoms with Gasteiger partial charge < -0.3 is 14.8 Å². The molecule has 0 radical (unpaired) electrons. The number of amides is 1. The van der Waals surface area contributed by atoms with E-state index in [2.05, 4.69) is 23.6 Å². The zero-order valence-electron chi connectivity index (χ0n) is 17.6. The van der Waals surface area contributed by atoms with Crippen molar-refractivity contribution < 1.29 is 19.4 Å². The van der Waals surface area contributed by atoms with Crippen LogP contribution in [0, 0.1) is 4.91 Å². The topological polar surface area (TPSA) is 91.9 Å². The number of aromatic nitrogens is 1. The number of alkyl halides is 1. The number of allylic oxidation sites excluding steroid dienone is 4. The molecule has 31 heavy (non-hydrogen) atoms. The van der Waals surface area contributed by atoms with Gasteiger partial charge in [0.2, 0.25) is 0 Å². The molecule has 1 aliphatic carbocycles. The van der Waals surface area contributed by atoms with Crippen molar-refractivity contribution in [2.45, 2.75) is 57.5 Å². The maximum Gasteiger partial charge on any atom is 0.288 e. The molecule has 3 atom stereocenters. The van der Waals surface area contributed by atoms with Crippen molar-refractivity contribution in [1.82, 2.24) is 4.57 Å². The van der Waals surface area contributed by atoms with Crippen molar-refractivity contribution in [2.24, 2.45) is 5.18 Å². The Hall–Kier alpha value is -2.90. The molecule has 0 aliphatic heterocycles. The lowest BCUT2D eigenvalue weighted by Gasteiger charge is -2.16. The van der Waals surface area contributed by atoms with Crippen LogP contribution in [0.4, 0.5) is 4.39 Å². The third-order valence-electron chi connectivity index (χ3n) is 5.30. The summed E-state index contributed by atoms with van der Waals surface area (Å²) in [6.07, 6.45) is 5.19. The van der Waals surface area contributed by atoms with E-state index < -0.39 is 30.7 Å². The number of carbonyl (C=O) groups excluding carboxylic acids is 1. The summed E-state index contributed by atoms with van der Waals surface area (Å²) >= 11 is 0. The second kappa shape index (κ2) is 9.94. The quantitative estimate of drug-likeness (QED) is 0.598. The van der Waals surface area contributed by atoms with Gasteiger partial charge in [-0.25, -0.2) is 4.39 Å². The summed E-state index contributed by atoms with van der Waals surface area (Å²) in [6.45, 7) is 4.13. The molecule has 3 rings (SSSR count). The van der Waals surface area contributed by atoms with Crippen LogP contribution in [0.15, 0.2) is 53.7 Å². The first-order valence-electron chi connectivity index (χ1n) is 10.4. The number of aliphatic hydroxyl groups excluding tert-OH is 2. The summed E-state index contributed by atoms with van der Waals surface area (Å²) in [4.78, 5) is 21.3. The third-order valence-corrected chi connectivity index (χ3v) is 5.30. The standard InChI is InChI=1S/C24H27FN2O4/c1-15(2)27-21-6-4-3-5-20(21)24(16-7-9-17(25)10-8-16)22(27)12-11-18(28)13-19(29)14-23(30)26-31/h3-9,11-12,15,17-19,28-29H,10,13-14H2,1-2H3/b12-11+. The number of rotatable bonds is 8. The highest BCUT2D eigenvalue weighted by Crippen LogP contribution is 2.37. The smallest absolute Gasteiger partial charge is 0.288 e. The van der Waals surface area contributed by atoms with E-state index in [0.717, 1.165) is 27.7 Å². The van der Waals surface area contributed by atoms with E-state index >= 15 is 0 Å². The molecule has 1 heterocycles. The van der Waals surface area contributed by atoms with Gasteiger partial charge in [0.05, 0.1) is 18.6 Å². The Labute approximate surface area is 180 Å². The van der Waals surface area contributed by atoms with Gasteiger partial charge in [-0.2, -0.15) is 0 Å². The molecule has 0 saturated carbocycles. The number of nitrogens with zero attached hydrogens (tertiary/aromatic N) is 2. The molecular weight excluding hydrogens is 399 g/mol. The number of benzene rings is 1. The van der Waals surface area contributed by atoms with E-state index in [1.54, 1.807) is 24.3 Å². The molecule has 164 valence electrons. The lowest BCUT2D eigenvalue weighted by atomic mass is 9.95. The number of nitroso groups, excluding NO2 is 1. The van der Waals surface area contributed by atoms with Crippen molar-refractivity contribution in [3.63, 3.8) is 0 Å². The minimum Gasteiger partial charge on any atom is -0.392 e. The molecule has 1 aromatic carbocycles. The van der Waals surface area contributed by atoms with Gasteiger partial charge >= 0.3 is 0 Å². The van der Waals surface area contributed by atoms with E-state index in [0.29, 0.717) is 6.42 Å². The van der Waals surface area contributed by atoms with Gasteiger partial charge in [0, 0.05) is 46.2 Å². The number of para-hydroxylation sites is 1. The highest BCUT2D eigenvalue weighted by atomic mass is 19.1. The van der Waals surface area contributed by atoms with Gasteiger partial charge in [0.15, 0.2) is 0 Å². The Morgan fingerprint density at radius 3 is 2.71 bits per heavy atom. The van der Waals surface area contributed by atoms with E-state index in [9.17, 15) is 24.3 Å². The summed E-state index contributed by atoms with van der Waals surface area (Å²) < 4.78 is 15.8. The molecule has 1 amide bonds. The minimum atomic E-state index is -1.16. The van der Waals surface area contributed by atoms with Crippen LogP contribution in [0.3, 0.4) is 0 Å². The number of aliphatic hydroxyl groups is 2. The van der Waals surface area contributed by atoms with Crippen LogP contribution in [-0.2, 0) is 4.79 Å². The fraction of sp³-hybridized carbons (Fsp3) is 0.375. The Morgan fingerprint density at radius 2 is 2.06 bits per heavy atom. The Balaban J connectivity index is 2.00. The van der Waals surface area contributed by atoms with Gasteiger partial charge in [0.1, 0.15) is 6.17 Å². The second-order valence-corrected chi connectivity index (χ2v) is 8.02. The third kappa shape index (κ3) is 5.24. The van der Waals surface area contributed by atoms with Gasteiger partial charge in [-0.15, -0.1) is 4.91 Å². The van der Waals surface area contributed by atoms with E-state index in [-0.39, 0.29) is 12.5 Å². The van der Waals surface area contributed by atoms with Crippen LogP contribution in [-0.4, -0.2) is 39.1 Å². The molecule has 2 N–H and O–H groups in total. The lowest BCUT2D eigenvalue weighted by molar-refractivity contribution is -0.120. The molecule has 2 aromatic rings. The molecule has 0 fully saturated rings. The highest BCUT2D eigenvalue weighted by Gasteiger charge is 2.21. The number of hydrogen-bond acceptors (Lipinski definition) is 4. The molecule has 7 heteroatoms. The first kappa shape index (κ1) is 22.8. The number of fused-ring (bicyclic) bond motifs is 1. The van der Waals surface area contributed by atoms with Crippen LogP contribution >= 0.6 is 0 Å². The molecule has 1 aliphatic rings. The van der Waals surface area contributed by atoms with Crippen LogP contribution in [0.5, 0.6) is 0 Å². The monoisotopic (exact) mass is 426 g/mol. The van der Waals surface area contributed by atoms with Crippen LogP contribution in [0.1, 0.15) is 50.4 Å². The largest absolute Gasteiger partial charge is 0.392 e. The Bertz CT molecular complexity index is 1050. The first-order valence-corrected chi connectivity index (χ1v) is 10.4. The van der Waals surface area contributed by atoms with E-state index in [4.69, 9.17) is 0 Å². The summed E-state index contributed by atoms with van der Waals surface area (Å²) in [5, 5.41) is 23.5.